The lowest BCUT2D eigenvalue weighted by atomic mass is 10.0. The molecule has 0 bridgehead atoms. The van der Waals surface area contributed by atoms with Gasteiger partial charge in [0.1, 0.15) is 6.61 Å². The van der Waals surface area contributed by atoms with Gasteiger partial charge in [0.05, 0.1) is 0 Å². The zero-order valence-electron chi connectivity index (χ0n) is 8.03. The Kier molecular flexibility index (Phi) is 3.19. The summed E-state index contributed by atoms with van der Waals surface area (Å²) < 4.78 is 5.36. The average molecular weight is 181 g/mol. The fourth-order valence-corrected chi connectivity index (χ4v) is 0.705. The first-order valence-corrected chi connectivity index (χ1v) is 4.33. The van der Waals surface area contributed by atoms with Gasteiger partial charge in [-0.25, -0.2) is 0 Å². The van der Waals surface area contributed by atoms with Crippen molar-refractivity contribution in [3.63, 3.8) is 0 Å². The molecule has 13 heavy (non-hydrogen) atoms. The predicted octanol–water partition coefficient (Wildman–Crippen LogP) is 0.983. The van der Waals surface area contributed by atoms with Crippen LogP contribution in [0.15, 0.2) is 18.3 Å². The van der Waals surface area contributed by atoms with Crippen LogP contribution >= 0.6 is 0 Å². The first kappa shape index (κ1) is 9.92. The molecule has 4 heteroatoms. The number of rotatable bonds is 4. The van der Waals surface area contributed by atoms with Crippen LogP contribution in [0, 0.1) is 0 Å². The maximum atomic E-state index is 5.89. The molecule has 0 aliphatic carbocycles. The zero-order valence-corrected chi connectivity index (χ0v) is 8.03. The highest BCUT2D eigenvalue weighted by Gasteiger charge is 2.16. The number of aromatic nitrogens is 2. The van der Waals surface area contributed by atoms with Crippen molar-refractivity contribution in [1.29, 1.82) is 0 Å². The summed E-state index contributed by atoms with van der Waals surface area (Å²) in [7, 11) is 0. The molecule has 0 aliphatic rings. The molecule has 1 rings (SSSR count). The average Bonchev–Trinajstić information content (AvgIpc) is 2.17. The van der Waals surface area contributed by atoms with Crippen LogP contribution < -0.4 is 10.5 Å². The van der Waals surface area contributed by atoms with Gasteiger partial charge in [-0.15, -0.1) is 5.10 Å². The summed E-state index contributed by atoms with van der Waals surface area (Å²) in [6.45, 7) is 4.44. The fourth-order valence-electron chi connectivity index (χ4n) is 0.705. The third-order valence-corrected chi connectivity index (χ3v) is 1.91. The molecule has 1 aromatic rings. The molecule has 1 unspecified atom stereocenters. The number of nitrogens with two attached hydrogens (primary N) is 1. The molecule has 0 spiro atoms. The van der Waals surface area contributed by atoms with Crippen LogP contribution in [0.25, 0.3) is 0 Å². The topological polar surface area (TPSA) is 61.0 Å². The molecule has 1 heterocycles. The van der Waals surface area contributed by atoms with E-state index in [4.69, 9.17) is 10.5 Å². The largest absolute Gasteiger partial charge is 0.475 e. The summed E-state index contributed by atoms with van der Waals surface area (Å²) >= 11 is 0. The van der Waals surface area contributed by atoms with Crippen LogP contribution in [-0.4, -0.2) is 22.3 Å². The minimum absolute atomic E-state index is 0.294. The summed E-state index contributed by atoms with van der Waals surface area (Å²) in [6.07, 6.45) is 2.47. The highest BCUT2D eigenvalue weighted by Crippen LogP contribution is 2.08. The van der Waals surface area contributed by atoms with E-state index in [1.54, 1.807) is 18.3 Å². The zero-order chi connectivity index (χ0) is 9.73. The highest BCUT2D eigenvalue weighted by molar-refractivity contribution is 5.05. The number of hydrogen-bond donors (Lipinski definition) is 1. The van der Waals surface area contributed by atoms with E-state index >= 15 is 0 Å². The number of hydrogen-bond acceptors (Lipinski definition) is 4. The summed E-state index contributed by atoms with van der Waals surface area (Å²) in [5, 5.41) is 7.48. The Balaban J connectivity index is 2.44. The number of nitrogens with zero attached hydrogens (tertiary/aromatic N) is 2. The van der Waals surface area contributed by atoms with E-state index < -0.39 is 0 Å². The second-order valence-electron chi connectivity index (χ2n) is 3.36. The maximum Gasteiger partial charge on any atom is 0.233 e. The molecule has 0 fully saturated rings. The van der Waals surface area contributed by atoms with Crippen LogP contribution in [0.2, 0.25) is 0 Å². The Hall–Kier alpha value is -1.16. The maximum absolute atomic E-state index is 5.89. The molecule has 0 aliphatic heterocycles. The van der Waals surface area contributed by atoms with Crippen molar-refractivity contribution in [3.8, 4) is 5.88 Å². The van der Waals surface area contributed by atoms with E-state index in [1.165, 1.54) is 0 Å². The van der Waals surface area contributed by atoms with Crippen molar-refractivity contribution in [2.24, 2.45) is 5.73 Å². The lowest BCUT2D eigenvalue weighted by Crippen LogP contribution is -2.41. The van der Waals surface area contributed by atoms with Gasteiger partial charge in [0.25, 0.3) is 0 Å². The van der Waals surface area contributed by atoms with E-state index in [0.29, 0.717) is 12.5 Å². The first-order chi connectivity index (χ1) is 6.14. The molecule has 4 nitrogen and oxygen atoms in total. The lowest BCUT2D eigenvalue weighted by molar-refractivity contribution is 0.217. The molecule has 0 radical (unpaired) electrons. The van der Waals surface area contributed by atoms with E-state index in [2.05, 4.69) is 10.2 Å². The van der Waals surface area contributed by atoms with Gasteiger partial charge in [-0.2, -0.15) is 5.10 Å². The van der Waals surface area contributed by atoms with Gasteiger partial charge >= 0.3 is 0 Å². The van der Waals surface area contributed by atoms with E-state index in [0.717, 1.165) is 6.42 Å². The standard InChI is InChI=1S/C9H15N3O/c1-3-9(2,10)7-13-8-5-4-6-11-12-8/h4-6H,3,7,10H2,1-2H3. The fraction of sp³-hybridized carbons (Fsp3) is 0.556. The van der Waals surface area contributed by atoms with Crippen molar-refractivity contribution >= 4 is 0 Å². The Morgan fingerprint density at radius 1 is 1.62 bits per heavy atom. The third-order valence-electron chi connectivity index (χ3n) is 1.91. The molecule has 2 N–H and O–H groups in total. The van der Waals surface area contributed by atoms with Crippen molar-refractivity contribution in [1.82, 2.24) is 10.2 Å². The van der Waals surface area contributed by atoms with Crippen LogP contribution in [0.1, 0.15) is 20.3 Å². The van der Waals surface area contributed by atoms with E-state index in [9.17, 15) is 0 Å². The molecular weight excluding hydrogens is 166 g/mol. The van der Waals surface area contributed by atoms with Gasteiger partial charge in [-0.05, 0) is 19.4 Å². The summed E-state index contributed by atoms with van der Waals surface area (Å²) in [6, 6.07) is 3.54. The monoisotopic (exact) mass is 181 g/mol. The van der Waals surface area contributed by atoms with Crippen molar-refractivity contribution in [3.05, 3.63) is 18.3 Å². The minimum atomic E-state index is -0.294. The summed E-state index contributed by atoms with van der Waals surface area (Å²) in [5.74, 6) is 0.521. The molecule has 72 valence electrons. The quantitative estimate of drug-likeness (QED) is 0.752. The molecule has 0 aromatic carbocycles. The smallest absolute Gasteiger partial charge is 0.233 e. The predicted molar refractivity (Wildman–Crippen MR) is 50.4 cm³/mol. The first-order valence-electron chi connectivity index (χ1n) is 4.33. The van der Waals surface area contributed by atoms with E-state index in [-0.39, 0.29) is 5.54 Å². The number of ether oxygens (including phenoxy) is 1. The molecular formula is C9H15N3O. The molecule has 0 amide bonds. The minimum Gasteiger partial charge on any atom is -0.475 e. The Morgan fingerprint density at radius 3 is 2.92 bits per heavy atom. The van der Waals surface area contributed by atoms with Gasteiger partial charge in [-0.3, -0.25) is 0 Å². The highest BCUT2D eigenvalue weighted by atomic mass is 16.5. The van der Waals surface area contributed by atoms with Crippen LogP contribution in [0.3, 0.4) is 0 Å². The van der Waals surface area contributed by atoms with Crippen molar-refractivity contribution < 1.29 is 4.74 Å². The van der Waals surface area contributed by atoms with Gasteiger partial charge in [0.15, 0.2) is 0 Å². The second kappa shape index (κ2) is 4.18. The lowest BCUT2D eigenvalue weighted by Gasteiger charge is -2.21. The normalized spacial score (nSPS) is 15.0. The van der Waals surface area contributed by atoms with Gasteiger partial charge in [-0.1, -0.05) is 6.92 Å². The molecule has 0 saturated carbocycles. The van der Waals surface area contributed by atoms with Crippen LogP contribution in [0.5, 0.6) is 5.88 Å². The summed E-state index contributed by atoms with van der Waals surface area (Å²) in [5.41, 5.74) is 5.60. The molecule has 1 atom stereocenters. The Bertz CT molecular complexity index is 248. The van der Waals surface area contributed by atoms with Gasteiger partial charge in [0, 0.05) is 17.8 Å². The third kappa shape index (κ3) is 3.38. The van der Waals surface area contributed by atoms with Crippen molar-refractivity contribution in [2.75, 3.05) is 6.61 Å². The molecule has 1 aromatic heterocycles. The van der Waals surface area contributed by atoms with Gasteiger partial charge < -0.3 is 10.5 Å². The van der Waals surface area contributed by atoms with Crippen LogP contribution in [0.4, 0.5) is 0 Å². The summed E-state index contributed by atoms with van der Waals surface area (Å²) in [4.78, 5) is 0. The van der Waals surface area contributed by atoms with E-state index in [1.807, 2.05) is 13.8 Å². The van der Waals surface area contributed by atoms with Crippen molar-refractivity contribution in [2.45, 2.75) is 25.8 Å². The van der Waals surface area contributed by atoms with Crippen LogP contribution in [-0.2, 0) is 0 Å². The Labute approximate surface area is 78.1 Å². The second-order valence-corrected chi connectivity index (χ2v) is 3.36. The SMILES string of the molecule is CCC(C)(N)COc1cccnn1. The van der Waals surface area contributed by atoms with Gasteiger partial charge in [0.2, 0.25) is 5.88 Å². The Morgan fingerprint density at radius 2 is 2.38 bits per heavy atom. The molecule has 0 saturated heterocycles.